The highest BCUT2D eigenvalue weighted by Crippen LogP contribution is 2.10. The fourth-order valence-electron chi connectivity index (χ4n) is 0.831. The van der Waals surface area contributed by atoms with Gasteiger partial charge < -0.3 is 15.3 Å². The Hall–Kier alpha value is -1.30. The largest absolute Gasteiger partial charge is 0.443 e. The number of nitrogens with two attached hydrogens (primary N) is 1. The topological polar surface area (TPSA) is 81.9 Å². The molecule has 100 valence electrons. The number of nitrogens with zero attached hydrogens (tertiary/aromatic N) is 1. The van der Waals surface area contributed by atoms with Crippen molar-refractivity contribution >= 4 is 12.1 Å². The standard InChI is InChI=1S/C11H22N2O4/c1-7(2)8(12)9(14)17-13(6)10(15)16-11(3,4)5/h7-8H,12H2,1-6H3/t8-/m0/s1. The molecule has 0 heterocycles. The molecular formula is C11H22N2O4. The van der Waals surface area contributed by atoms with Crippen molar-refractivity contribution in [3.8, 4) is 0 Å². The first-order chi connectivity index (χ1) is 7.54. The van der Waals surface area contributed by atoms with Crippen molar-refractivity contribution < 1.29 is 19.2 Å². The number of carbonyl (C=O) groups excluding carboxylic acids is 2. The summed E-state index contributed by atoms with van der Waals surface area (Å²) in [6, 6.07) is -0.764. The molecule has 0 radical (unpaired) electrons. The number of hydroxylamine groups is 2. The first-order valence-electron chi connectivity index (χ1n) is 5.48. The van der Waals surface area contributed by atoms with Crippen LogP contribution >= 0.6 is 0 Å². The van der Waals surface area contributed by atoms with E-state index in [1.165, 1.54) is 7.05 Å². The van der Waals surface area contributed by atoms with Gasteiger partial charge in [-0.15, -0.1) is 5.06 Å². The highest BCUT2D eigenvalue weighted by molar-refractivity contribution is 5.77. The summed E-state index contributed by atoms with van der Waals surface area (Å²) < 4.78 is 5.01. The van der Waals surface area contributed by atoms with Gasteiger partial charge in [-0.2, -0.15) is 0 Å². The Kier molecular flexibility index (Phi) is 5.41. The van der Waals surface area contributed by atoms with Crippen molar-refractivity contribution in [2.75, 3.05) is 7.05 Å². The molecule has 0 aliphatic rings. The third kappa shape index (κ3) is 6.11. The predicted molar refractivity (Wildman–Crippen MR) is 62.9 cm³/mol. The molecule has 1 atom stereocenters. The van der Waals surface area contributed by atoms with E-state index >= 15 is 0 Å². The minimum absolute atomic E-state index is 0.0606. The fraction of sp³-hybridized carbons (Fsp3) is 0.818. The predicted octanol–water partition coefficient (Wildman–Crippen LogP) is 1.29. The van der Waals surface area contributed by atoms with Crippen molar-refractivity contribution in [2.45, 2.75) is 46.3 Å². The van der Waals surface area contributed by atoms with Crippen molar-refractivity contribution in [3.63, 3.8) is 0 Å². The molecule has 0 rings (SSSR count). The van der Waals surface area contributed by atoms with E-state index in [0.29, 0.717) is 0 Å². The zero-order valence-corrected chi connectivity index (χ0v) is 11.3. The average Bonchev–Trinajstić information content (AvgIpc) is 2.13. The van der Waals surface area contributed by atoms with Crippen LogP contribution < -0.4 is 5.73 Å². The molecule has 1 amide bonds. The smallest absolute Gasteiger partial charge is 0.442 e. The van der Waals surface area contributed by atoms with Gasteiger partial charge in [0.15, 0.2) is 0 Å². The minimum Gasteiger partial charge on any atom is -0.442 e. The summed E-state index contributed by atoms with van der Waals surface area (Å²) >= 11 is 0. The summed E-state index contributed by atoms with van der Waals surface area (Å²) in [5.41, 5.74) is 4.94. The van der Waals surface area contributed by atoms with Crippen molar-refractivity contribution in [1.29, 1.82) is 0 Å². The van der Waals surface area contributed by atoms with Gasteiger partial charge in [-0.1, -0.05) is 13.8 Å². The van der Waals surface area contributed by atoms with Gasteiger partial charge in [0, 0.05) is 0 Å². The molecule has 0 bridgehead atoms. The number of hydrogen-bond acceptors (Lipinski definition) is 5. The summed E-state index contributed by atoms with van der Waals surface area (Å²) in [5, 5.41) is 0.746. The molecule has 0 saturated heterocycles. The number of rotatable bonds is 2. The highest BCUT2D eigenvalue weighted by atomic mass is 16.8. The van der Waals surface area contributed by atoms with E-state index in [0.717, 1.165) is 5.06 Å². The highest BCUT2D eigenvalue weighted by Gasteiger charge is 2.26. The quantitative estimate of drug-likeness (QED) is 0.742. The maximum absolute atomic E-state index is 11.5. The van der Waals surface area contributed by atoms with Crippen molar-refractivity contribution in [2.24, 2.45) is 11.7 Å². The normalized spacial score (nSPS) is 13.2. The first kappa shape index (κ1) is 15.7. The maximum Gasteiger partial charge on any atom is 0.443 e. The van der Waals surface area contributed by atoms with Gasteiger partial charge in [0.2, 0.25) is 0 Å². The SMILES string of the molecule is CC(C)[C@H](N)C(=O)ON(C)C(=O)OC(C)(C)C. The molecule has 0 aliphatic heterocycles. The molecule has 6 nitrogen and oxygen atoms in total. The fourth-order valence-corrected chi connectivity index (χ4v) is 0.831. The zero-order chi connectivity index (χ0) is 13.8. The molecule has 6 heteroatoms. The molecule has 0 aromatic rings. The number of carbonyl (C=O) groups is 2. The molecule has 0 aromatic heterocycles. The number of amides is 1. The zero-order valence-electron chi connectivity index (χ0n) is 11.3. The second-order valence-electron chi connectivity index (χ2n) is 5.16. The third-order valence-corrected chi connectivity index (χ3v) is 1.87. The van der Waals surface area contributed by atoms with E-state index < -0.39 is 23.7 Å². The Bertz CT molecular complexity index is 284. The van der Waals surface area contributed by atoms with Crippen LogP contribution in [-0.2, 0) is 14.4 Å². The van der Waals surface area contributed by atoms with E-state index in [1.54, 1.807) is 34.6 Å². The summed E-state index contributed by atoms with van der Waals surface area (Å²) in [4.78, 5) is 27.7. The first-order valence-corrected chi connectivity index (χ1v) is 5.48. The molecule has 17 heavy (non-hydrogen) atoms. The minimum atomic E-state index is -0.764. The van der Waals surface area contributed by atoms with E-state index in [1.807, 2.05) is 0 Å². The average molecular weight is 246 g/mol. The summed E-state index contributed by atoms with van der Waals surface area (Å²) in [7, 11) is 1.30. The van der Waals surface area contributed by atoms with Crippen LogP contribution in [0.2, 0.25) is 0 Å². The molecule has 0 saturated carbocycles. The van der Waals surface area contributed by atoms with Crippen LogP contribution in [0.1, 0.15) is 34.6 Å². The molecule has 0 spiro atoms. The summed E-state index contributed by atoms with van der Waals surface area (Å²) in [6.07, 6.45) is -0.734. The van der Waals surface area contributed by atoms with Gasteiger partial charge >= 0.3 is 12.1 Å². The molecular weight excluding hydrogens is 224 g/mol. The van der Waals surface area contributed by atoms with Gasteiger partial charge in [-0.3, -0.25) is 0 Å². The van der Waals surface area contributed by atoms with Gasteiger partial charge in [0.1, 0.15) is 11.6 Å². The van der Waals surface area contributed by atoms with Crippen LogP contribution in [0.3, 0.4) is 0 Å². The lowest BCUT2D eigenvalue weighted by molar-refractivity contribution is -0.181. The Labute approximate surface area is 102 Å². The molecule has 0 aromatic carbocycles. The van der Waals surface area contributed by atoms with Crippen LogP contribution in [0.15, 0.2) is 0 Å². The second kappa shape index (κ2) is 5.86. The lowest BCUT2D eigenvalue weighted by atomic mass is 10.1. The van der Waals surface area contributed by atoms with E-state index in [2.05, 4.69) is 0 Å². The maximum atomic E-state index is 11.5. The van der Waals surface area contributed by atoms with E-state index in [9.17, 15) is 9.59 Å². The van der Waals surface area contributed by atoms with Crippen LogP contribution in [0.4, 0.5) is 4.79 Å². The van der Waals surface area contributed by atoms with Crippen molar-refractivity contribution in [3.05, 3.63) is 0 Å². The Morgan fingerprint density at radius 2 is 1.71 bits per heavy atom. The number of hydrogen-bond donors (Lipinski definition) is 1. The van der Waals surface area contributed by atoms with Crippen molar-refractivity contribution in [1.82, 2.24) is 5.06 Å². The van der Waals surface area contributed by atoms with Gasteiger partial charge in [-0.25, -0.2) is 9.59 Å². The van der Waals surface area contributed by atoms with Gasteiger partial charge in [0.05, 0.1) is 7.05 Å². The Balaban J connectivity index is 4.31. The van der Waals surface area contributed by atoms with E-state index in [-0.39, 0.29) is 5.92 Å². The lowest BCUT2D eigenvalue weighted by Gasteiger charge is -2.24. The molecule has 0 unspecified atom stereocenters. The lowest BCUT2D eigenvalue weighted by Crippen LogP contribution is -2.43. The van der Waals surface area contributed by atoms with Crippen LogP contribution in [0.25, 0.3) is 0 Å². The van der Waals surface area contributed by atoms with Crippen LogP contribution in [0, 0.1) is 5.92 Å². The Morgan fingerprint density at radius 3 is 2.06 bits per heavy atom. The summed E-state index contributed by atoms with van der Waals surface area (Å²) in [6.45, 7) is 8.75. The second-order valence-corrected chi connectivity index (χ2v) is 5.16. The van der Waals surface area contributed by atoms with Crippen LogP contribution in [0.5, 0.6) is 0 Å². The molecule has 2 N–H and O–H groups in total. The van der Waals surface area contributed by atoms with E-state index in [4.69, 9.17) is 15.3 Å². The molecule has 0 aliphatic carbocycles. The third-order valence-electron chi connectivity index (χ3n) is 1.87. The number of ether oxygens (including phenoxy) is 1. The monoisotopic (exact) mass is 246 g/mol. The van der Waals surface area contributed by atoms with Gasteiger partial charge in [0.25, 0.3) is 0 Å². The van der Waals surface area contributed by atoms with Crippen LogP contribution in [-0.4, -0.2) is 35.8 Å². The molecule has 0 fully saturated rings. The Morgan fingerprint density at radius 1 is 1.24 bits per heavy atom. The summed E-state index contributed by atoms with van der Waals surface area (Å²) in [5.74, 6) is -0.720. The van der Waals surface area contributed by atoms with Gasteiger partial charge in [-0.05, 0) is 26.7 Å².